The Morgan fingerprint density at radius 1 is 1.37 bits per heavy atom. The summed E-state index contributed by atoms with van der Waals surface area (Å²) in [6.07, 6.45) is 1.69. The summed E-state index contributed by atoms with van der Waals surface area (Å²) in [5.74, 6) is 1.53. The van der Waals surface area contributed by atoms with E-state index in [-0.39, 0.29) is 0 Å². The number of nitrogen functional groups attached to an aromatic ring is 1. The van der Waals surface area contributed by atoms with Crippen LogP contribution in [0.1, 0.15) is 11.8 Å². The molecule has 0 amide bonds. The smallest absolute Gasteiger partial charge is 0.196 e. The molecular formula is C14H15N3OS. The summed E-state index contributed by atoms with van der Waals surface area (Å²) in [7, 11) is 0. The van der Waals surface area contributed by atoms with Crippen molar-refractivity contribution in [1.82, 2.24) is 9.38 Å². The van der Waals surface area contributed by atoms with Crippen molar-refractivity contribution < 1.29 is 4.74 Å². The number of rotatable bonds is 3. The molecule has 0 saturated carbocycles. The van der Waals surface area contributed by atoms with Crippen LogP contribution < -0.4 is 10.5 Å². The lowest BCUT2D eigenvalue weighted by Crippen LogP contribution is -1.98. The van der Waals surface area contributed by atoms with Gasteiger partial charge in [0.05, 0.1) is 18.5 Å². The second kappa shape index (κ2) is 4.59. The number of thiazole rings is 1. The lowest BCUT2D eigenvalue weighted by molar-refractivity contribution is 0.341. The van der Waals surface area contributed by atoms with Gasteiger partial charge < -0.3 is 10.5 Å². The number of anilines is 1. The van der Waals surface area contributed by atoms with Gasteiger partial charge in [0.1, 0.15) is 11.6 Å². The largest absolute Gasteiger partial charge is 0.493 e. The van der Waals surface area contributed by atoms with Crippen molar-refractivity contribution in [3.63, 3.8) is 0 Å². The van der Waals surface area contributed by atoms with E-state index >= 15 is 0 Å². The lowest BCUT2D eigenvalue weighted by atomic mass is 10.1. The van der Waals surface area contributed by atoms with E-state index in [4.69, 9.17) is 10.5 Å². The van der Waals surface area contributed by atoms with Crippen molar-refractivity contribution in [2.45, 2.75) is 13.8 Å². The normalized spacial score (nSPS) is 11.1. The fraction of sp³-hybridized carbons (Fsp3) is 0.214. The Bertz CT molecular complexity index is 729. The third-order valence-electron chi connectivity index (χ3n) is 3.00. The highest BCUT2D eigenvalue weighted by Crippen LogP contribution is 2.37. The van der Waals surface area contributed by atoms with E-state index in [1.54, 1.807) is 17.5 Å². The molecule has 2 aromatic heterocycles. The van der Waals surface area contributed by atoms with Crippen LogP contribution >= 0.6 is 11.3 Å². The van der Waals surface area contributed by atoms with E-state index in [0.29, 0.717) is 12.4 Å². The van der Waals surface area contributed by atoms with Crippen molar-refractivity contribution in [3.05, 3.63) is 35.3 Å². The van der Waals surface area contributed by atoms with Gasteiger partial charge in [-0.1, -0.05) is 12.1 Å². The highest BCUT2D eigenvalue weighted by atomic mass is 32.1. The van der Waals surface area contributed by atoms with Gasteiger partial charge in [-0.15, -0.1) is 11.3 Å². The average Bonchev–Trinajstić information content (AvgIpc) is 2.90. The number of para-hydroxylation sites is 1. The summed E-state index contributed by atoms with van der Waals surface area (Å²) in [6, 6.07) is 8.02. The number of benzene rings is 1. The van der Waals surface area contributed by atoms with Crippen LogP contribution in [0, 0.1) is 6.92 Å². The maximum Gasteiger partial charge on any atom is 0.196 e. The molecule has 2 N–H and O–H groups in total. The minimum atomic E-state index is 0.642. The van der Waals surface area contributed by atoms with Crippen LogP contribution in [0.4, 0.5) is 5.82 Å². The summed E-state index contributed by atoms with van der Waals surface area (Å²) >= 11 is 1.64. The Kier molecular flexibility index (Phi) is 2.91. The molecule has 4 nitrogen and oxygen atoms in total. The van der Waals surface area contributed by atoms with Crippen LogP contribution in [0.3, 0.4) is 0 Å². The highest BCUT2D eigenvalue weighted by molar-refractivity contribution is 7.17. The summed E-state index contributed by atoms with van der Waals surface area (Å²) in [5, 5.41) is 0. The zero-order chi connectivity index (χ0) is 13.4. The molecule has 0 unspecified atom stereocenters. The van der Waals surface area contributed by atoms with Gasteiger partial charge in [0.25, 0.3) is 0 Å². The number of hydrogen-bond acceptors (Lipinski definition) is 4. The topological polar surface area (TPSA) is 52.5 Å². The van der Waals surface area contributed by atoms with Crippen LogP contribution in [0.2, 0.25) is 0 Å². The highest BCUT2D eigenvalue weighted by Gasteiger charge is 2.17. The Hall–Kier alpha value is -2.01. The number of fused-ring (bicyclic) bond motifs is 1. The molecule has 0 saturated heterocycles. The predicted molar refractivity (Wildman–Crippen MR) is 78.8 cm³/mol. The van der Waals surface area contributed by atoms with Crippen LogP contribution in [-0.4, -0.2) is 16.0 Å². The number of aryl methyl sites for hydroxylation is 1. The van der Waals surface area contributed by atoms with E-state index in [2.05, 4.69) is 18.0 Å². The molecule has 19 heavy (non-hydrogen) atoms. The van der Waals surface area contributed by atoms with E-state index in [1.807, 2.05) is 29.5 Å². The van der Waals surface area contributed by atoms with Crippen molar-refractivity contribution in [1.29, 1.82) is 0 Å². The van der Waals surface area contributed by atoms with Crippen molar-refractivity contribution in [2.24, 2.45) is 0 Å². The van der Waals surface area contributed by atoms with Crippen LogP contribution in [-0.2, 0) is 0 Å². The maximum atomic E-state index is 6.02. The molecule has 98 valence electrons. The first-order valence-corrected chi connectivity index (χ1v) is 6.98. The third-order valence-corrected chi connectivity index (χ3v) is 3.97. The molecule has 0 atom stereocenters. The molecule has 2 heterocycles. The Morgan fingerprint density at radius 3 is 2.95 bits per heavy atom. The number of nitrogens with two attached hydrogens (primary N) is 1. The molecule has 0 fully saturated rings. The monoisotopic (exact) mass is 273 g/mol. The first-order valence-electron chi connectivity index (χ1n) is 6.17. The number of ether oxygens (including phenoxy) is 1. The fourth-order valence-corrected chi connectivity index (χ4v) is 3.21. The Labute approximate surface area is 115 Å². The average molecular weight is 273 g/mol. The van der Waals surface area contributed by atoms with Crippen LogP contribution in [0.15, 0.2) is 30.5 Å². The zero-order valence-electron chi connectivity index (χ0n) is 10.9. The van der Waals surface area contributed by atoms with E-state index < -0.39 is 0 Å². The Balaban J connectivity index is 2.29. The van der Waals surface area contributed by atoms with Gasteiger partial charge in [-0.2, -0.15) is 0 Å². The van der Waals surface area contributed by atoms with Crippen LogP contribution in [0.25, 0.3) is 16.2 Å². The second-order valence-corrected chi connectivity index (χ2v) is 5.42. The summed E-state index contributed by atoms with van der Waals surface area (Å²) in [5.41, 5.74) is 8.14. The number of aromatic nitrogens is 2. The first-order chi connectivity index (χ1) is 9.22. The molecule has 3 aromatic rings. The van der Waals surface area contributed by atoms with Gasteiger partial charge in [-0.3, -0.25) is 4.40 Å². The van der Waals surface area contributed by atoms with E-state index in [1.165, 1.54) is 4.88 Å². The first kappa shape index (κ1) is 12.0. The molecular weight excluding hydrogens is 258 g/mol. The summed E-state index contributed by atoms with van der Waals surface area (Å²) < 4.78 is 7.70. The molecule has 0 bridgehead atoms. The van der Waals surface area contributed by atoms with Gasteiger partial charge >= 0.3 is 0 Å². The molecule has 0 spiro atoms. The second-order valence-electron chi connectivity index (χ2n) is 4.24. The van der Waals surface area contributed by atoms with Gasteiger partial charge in [0, 0.05) is 10.4 Å². The molecule has 1 aromatic carbocycles. The zero-order valence-corrected chi connectivity index (χ0v) is 11.7. The maximum absolute atomic E-state index is 6.02. The molecule has 0 aliphatic heterocycles. The van der Waals surface area contributed by atoms with Crippen molar-refractivity contribution in [3.8, 4) is 17.0 Å². The molecule has 0 radical (unpaired) electrons. The quantitative estimate of drug-likeness (QED) is 0.796. The van der Waals surface area contributed by atoms with Crippen molar-refractivity contribution in [2.75, 3.05) is 12.3 Å². The molecule has 0 aliphatic rings. The standard InChI is InChI=1S/C14H15N3OS/c1-3-18-11-7-5-4-6-10(11)13-9(2)19-14-16-8-12(15)17(13)14/h4-8H,3,15H2,1-2H3. The molecule has 3 rings (SSSR count). The summed E-state index contributed by atoms with van der Waals surface area (Å²) in [4.78, 5) is 6.41. The van der Waals surface area contributed by atoms with Gasteiger partial charge in [0.2, 0.25) is 0 Å². The van der Waals surface area contributed by atoms with Gasteiger partial charge in [-0.05, 0) is 26.0 Å². The van der Waals surface area contributed by atoms with Gasteiger partial charge in [0.15, 0.2) is 4.96 Å². The predicted octanol–water partition coefficient (Wildman–Crippen LogP) is 3.35. The minimum absolute atomic E-state index is 0.642. The minimum Gasteiger partial charge on any atom is -0.493 e. The number of imidazole rings is 1. The fourth-order valence-electron chi connectivity index (χ4n) is 2.24. The lowest BCUT2D eigenvalue weighted by Gasteiger charge is -2.10. The SMILES string of the molecule is CCOc1ccccc1-c1c(C)sc2ncc(N)n12. The third kappa shape index (κ3) is 1.86. The van der Waals surface area contributed by atoms with Gasteiger partial charge in [-0.25, -0.2) is 4.98 Å². The number of nitrogens with zero attached hydrogens (tertiary/aromatic N) is 2. The Morgan fingerprint density at radius 2 is 2.16 bits per heavy atom. The summed E-state index contributed by atoms with van der Waals surface area (Å²) in [6.45, 7) is 4.71. The number of hydrogen-bond donors (Lipinski definition) is 1. The van der Waals surface area contributed by atoms with E-state index in [0.717, 1.165) is 22.0 Å². The molecule has 5 heteroatoms. The molecule has 0 aliphatic carbocycles. The van der Waals surface area contributed by atoms with Crippen molar-refractivity contribution >= 4 is 22.1 Å². The van der Waals surface area contributed by atoms with E-state index in [9.17, 15) is 0 Å². The van der Waals surface area contributed by atoms with Crippen LogP contribution in [0.5, 0.6) is 5.75 Å².